The number of unbranched alkanes of at least 4 members (excludes halogenated alkanes) is 1. The molecule has 0 fully saturated rings. The highest BCUT2D eigenvalue weighted by Gasteiger charge is 2.07. The molecular formula is C23H23NO2. The topological polar surface area (TPSA) is 38.3 Å². The van der Waals surface area contributed by atoms with Crippen LogP contribution in [-0.2, 0) is 6.42 Å². The number of hydrogen-bond donors (Lipinski definition) is 1. The van der Waals surface area contributed by atoms with Gasteiger partial charge in [-0.2, -0.15) is 0 Å². The minimum Gasteiger partial charge on any atom is -0.457 e. The molecule has 0 spiro atoms. The van der Waals surface area contributed by atoms with Crippen molar-refractivity contribution < 1.29 is 9.53 Å². The van der Waals surface area contributed by atoms with Crippen molar-refractivity contribution in [2.45, 2.75) is 26.2 Å². The van der Waals surface area contributed by atoms with E-state index in [1.54, 1.807) is 24.3 Å². The molecule has 3 rings (SSSR count). The second kappa shape index (κ2) is 8.86. The standard InChI is InChI=1S/C23H23NO2/c1-2-3-7-18-10-14-20(15-11-18)24-23(25)19-12-16-22(17-13-19)26-21-8-5-4-6-9-21/h4-6,8-17H,2-3,7H2,1H3,(H,24,25). The maximum atomic E-state index is 12.4. The molecule has 0 saturated heterocycles. The van der Waals surface area contributed by atoms with Gasteiger partial charge in [0.05, 0.1) is 0 Å². The largest absolute Gasteiger partial charge is 0.457 e. The number of hydrogen-bond acceptors (Lipinski definition) is 2. The molecule has 0 aliphatic carbocycles. The quantitative estimate of drug-likeness (QED) is 0.564. The van der Waals surface area contributed by atoms with Crippen LogP contribution in [0.15, 0.2) is 78.9 Å². The van der Waals surface area contributed by atoms with Crippen molar-refractivity contribution in [3.63, 3.8) is 0 Å². The zero-order valence-corrected chi connectivity index (χ0v) is 14.9. The molecule has 132 valence electrons. The third-order valence-electron chi connectivity index (χ3n) is 4.13. The Morgan fingerprint density at radius 1 is 0.846 bits per heavy atom. The Bertz CT molecular complexity index is 824. The highest BCUT2D eigenvalue weighted by Crippen LogP contribution is 2.21. The number of carbonyl (C=O) groups is 1. The lowest BCUT2D eigenvalue weighted by Gasteiger charge is -2.08. The van der Waals surface area contributed by atoms with Crippen molar-refractivity contribution in [1.82, 2.24) is 0 Å². The minimum absolute atomic E-state index is 0.127. The molecule has 1 N–H and O–H groups in total. The lowest BCUT2D eigenvalue weighted by molar-refractivity contribution is 0.102. The van der Waals surface area contributed by atoms with E-state index < -0.39 is 0 Å². The molecule has 0 aliphatic rings. The van der Waals surface area contributed by atoms with Crippen LogP contribution in [0, 0.1) is 0 Å². The molecule has 0 aliphatic heterocycles. The van der Waals surface area contributed by atoms with Gasteiger partial charge in [-0.15, -0.1) is 0 Å². The first kappa shape index (κ1) is 17.7. The van der Waals surface area contributed by atoms with E-state index in [1.165, 1.54) is 18.4 Å². The van der Waals surface area contributed by atoms with E-state index >= 15 is 0 Å². The normalized spacial score (nSPS) is 10.3. The van der Waals surface area contributed by atoms with Crippen LogP contribution in [0.3, 0.4) is 0 Å². The summed E-state index contributed by atoms with van der Waals surface area (Å²) in [6.45, 7) is 2.19. The van der Waals surface area contributed by atoms with Crippen LogP contribution in [0.4, 0.5) is 5.69 Å². The fourth-order valence-corrected chi connectivity index (χ4v) is 2.64. The minimum atomic E-state index is -0.127. The summed E-state index contributed by atoms with van der Waals surface area (Å²) in [5.74, 6) is 1.35. The number of para-hydroxylation sites is 1. The van der Waals surface area contributed by atoms with Gasteiger partial charge in [0.1, 0.15) is 11.5 Å². The average Bonchev–Trinajstić information content (AvgIpc) is 2.69. The fraction of sp³-hybridized carbons (Fsp3) is 0.174. The number of ether oxygens (including phenoxy) is 1. The summed E-state index contributed by atoms with van der Waals surface area (Å²) < 4.78 is 5.75. The Morgan fingerprint density at radius 2 is 1.50 bits per heavy atom. The number of aryl methyl sites for hydroxylation is 1. The average molecular weight is 345 g/mol. The molecule has 0 aromatic heterocycles. The van der Waals surface area contributed by atoms with Crippen LogP contribution in [0.5, 0.6) is 11.5 Å². The third-order valence-corrected chi connectivity index (χ3v) is 4.13. The molecule has 26 heavy (non-hydrogen) atoms. The molecule has 3 nitrogen and oxygen atoms in total. The van der Waals surface area contributed by atoms with E-state index in [-0.39, 0.29) is 5.91 Å². The second-order valence-corrected chi connectivity index (χ2v) is 6.19. The number of amides is 1. The first-order valence-electron chi connectivity index (χ1n) is 8.98. The van der Waals surface area contributed by atoms with Gasteiger partial charge >= 0.3 is 0 Å². The summed E-state index contributed by atoms with van der Waals surface area (Å²) in [6, 6.07) is 24.8. The molecule has 0 bridgehead atoms. The third kappa shape index (κ3) is 4.96. The second-order valence-electron chi connectivity index (χ2n) is 6.19. The Morgan fingerprint density at radius 3 is 2.15 bits per heavy atom. The van der Waals surface area contributed by atoms with E-state index in [4.69, 9.17) is 4.74 Å². The van der Waals surface area contributed by atoms with Gasteiger partial charge in [0, 0.05) is 11.3 Å². The molecule has 0 unspecified atom stereocenters. The van der Waals surface area contributed by atoms with Crippen molar-refractivity contribution in [3.8, 4) is 11.5 Å². The Labute approximate surface area is 154 Å². The molecule has 0 radical (unpaired) electrons. The Kier molecular flexibility index (Phi) is 6.05. The highest BCUT2D eigenvalue weighted by atomic mass is 16.5. The maximum absolute atomic E-state index is 12.4. The molecule has 0 atom stereocenters. The van der Waals surface area contributed by atoms with Crippen molar-refractivity contribution in [2.75, 3.05) is 5.32 Å². The number of anilines is 1. The maximum Gasteiger partial charge on any atom is 0.255 e. The highest BCUT2D eigenvalue weighted by molar-refractivity contribution is 6.04. The fourth-order valence-electron chi connectivity index (χ4n) is 2.64. The summed E-state index contributed by atoms with van der Waals surface area (Å²) in [5.41, 5.74) is 2.70. The number of nitrogens with one attached hydrogen (secondary N) is 1. The monoisotopic (exact) mass is 345 g/mol. The van der Waals surface area contributed by atoms with E-state index in [2.05, 4.69) is 24.4 Å². The predicted octanol–water partition coefficient (Wildman–Crippen LogP) is 6.07. The molecule has 0 heterocycles. The Balaban J connectivity index is 1.59. The molecule has 3 aromatic rings. The van der Waals surface area contributed by atoms with E-state index in [1.807, 2.05) is 42.5 Å². The predicted molar refractivity (Wildman–Crippen MR) is 106 cm³/mol. The van der Waals surface area contributed by atoms with Gasteiger partial charge in [-0.25, -0.2) is 0 Å². The van der Waals surface area contributed by atoms with Crippen LogP contribution in [-0.4, -0.2) is 5.91 Å². The summed E-state index contributed by atoms with van der Waals surface area (Å²) in [4.78, 5) is 12.4. The van der Waals surface area contributed by atoms with Gasteiger partial charge in [-0.3, -0.25) is 4.79 Å². The molecule has 1 amide bonds. The Hall–Kier alpha value is -3.07. The van der Waals surface area contributed by atoms with Crippen LogP contribution in [0.25, 0.3) is 0 Å². The lowest BCUT2D eigenvalue weighted by Crippen LogP contribution is -2.11. The van der Waals surface area contributed by atoms with Crippen molar-refractivity contribution in [2.24, 2.45) is 0 Å². The van der Waals surface area contributed by atoms with Gasteiger partial charge in [-0.1, -0.05) is 43.7 Å². The van der Waals surface area contributed by atoms with Gasteiger partial charge in [0.2, 0.25) is 0 Å². The van der Waals surface area contributed by atoms with Crippen molar-refractivity contribution in [3.05, 3.63) is 90.0 Å². The SMILES string of the molecule is CCCCc1ccc(NC(=O)c2ccc(Oc3ccccc3)cc2)cc1. The summed E-state index contributed by atoms with van der Waals surface area (Å²) >= 11 is 0. The first-order valence-corrected chi connectivity index (χ1v) is 8.98. The number of carbonyl (C=O) groups excluding carboxylic acids is 1. The first-order chi connectivity index (χ1) is 12.7. The van der Waals surface area contributed by atoms with E-state index in [0.29, 0.717) is 11.3 Å². The number of rotatable bonds is 7. The summed E-state index contributed by atoms with van der Waals surface area (Å²) in [7, 11) is 0. The van der Waals surface area contributed by atoms with Crippen LogP contribution < -0.4 is 10.1 Å². The van der Waals surface area contributed by atoms with E-state index in [0.717, 1.165) is 17.9 Å². The molecular weight excluding hydrogens is 322 g/mol. The summed E-state index contributed by atoms with van der Waals surface area (Å²) in [5, 5.41) is 2.93. The van der Waals surface area contributed by atoms with Gasteiger partial charge in [0.25, 0.3) is 5.91 Å². The van der Waals surface area contributed by atoms with Crippen LogP contribution >= 0.6 is 0 Å². The van der Waals surface area contributed by atoms with E-state index in [9.17, 15) is 4.79 Å². The zero-order chi connectivity index (χ0) is 18.2. The summed E-state index contributed by atoms with van der Waals surface area (Å²) in [6.07, 6.45) is 3.44. The van der Waals surface area contributed by atoms with Gasteiger partial charge < -0.3 is 10.1 Å². The molecule has 3 heteroatoms. The number of benzene rings is 3. The van der Waals surface area contributed by atoms with Gasteiger partial charge in [0.15, 0.2) is 0 Å². The van der Waals surface area contributed by atoms with Gasteiger partial charge in [-0.05, 0) is 66.9 Å². The van der Waals surface area contributed by atoms with Crippen LogP contribution in [0.1, 0.15) is 35.7 Å². The van der Waals surface area contributed by atoms with Crippen molar-refractivity contribution in [1.29, 1.82) is 0 Å². The molecule has 3 aromatic carbocycles. The van der Waals surface area contributed by atoms with Crippen molar-refractivity contribution >= 4 is 11.6 Å². The lowest BCUT2D eigenvalue weighted by atomic mass is 10.1. The smallest absolute Gasteiger partial charge is 0.255 e. The van der Waals surface area contributed by atoms with Crippen LogP contribution in [0.2, 0.25) is 0 Å². The molecule has 0 saturated carbocycles. The zero-order valence-electron chi connectivity index (χ0n) is 14.9.